The molecule has 0 N–H and O–H groups in total. The molecule has 0 saturated heterocycles. The Kier molecular flexibility index (Phi) is 3.06. The SMILES string of the molecule is CN1C=CN(CCCBr)C1. The Hall–Kier alpha value is -0.180. The zero-order chi connectivity index (χ0) is 7.40. The summed E-state index contributed by atoms with van der Waals surface area (Å²) in [6.45, 7) is 2.21. The van der Waals surface area contributed by atoms with Gasteiger partial charge in [0.25, 0.3) is 0 Å². The summed E-state index contributed by atoms with van der Waals surface area (Å²) in [4.78, 5) is 4.48. The quantitative estimate of drug-likeness (QED) is 0.643. The molecule has 0 bridgehead atoms. The van der Waals surface area contributed by atoms with Crippen molar-refractivity contribution in [2.24, 2.45) is 0 Å². The van der Waals surface area contributed by atoms with E-state index in [1.165, 1.54) is 6.42 Å². The maximum Gasteiger partial charge on any atom is 0.0890 e. The van der Waals surface area contributed by atoms with Crippen LogP contribution in [-0.2, 0) is 0 Å². The van der Waals surface area contributed by atoms with Crippen molar-refractivity contribution in [1.29, 1.82) is 0 Å². The van der Waals surface area contributed by atoms with Crippen LogP contribution < -0.4 is 0 Å². The first kappa shape index (κ1) is 7.92. The molecular weight excluding hydrogens is 192 g/mol. The van der Waals surface area contributed by atoms with Crippen molar-refractivity contribution in [1.82, 2.24) is 9.80 Å². The summed E-state index contributed by atoms with van der Waals surface area (Å²) in [6.07, 6.45) is 5.47. The maximum atomic E-state index is 3.41. The topological polar surface area (TPSA) is 6.48 Å². The number of hydrogen-bond donors (Lipinski definition) is 0. The van der Waals surface area contributed by atoms with E-state index in [1.54, 1.807) is 0 Å². The van der Waals surface area contributed by atoms with Gasteiger partial charge in [-0.25, -0.2) is 0 Å². The second-order valence-electron chi connectivity index (χ2n) is 2.55. The van der Waals surface area contributed by atoms with Gasteiger partial charge in [-0.2, -0.15) is 0 Å². The fourth-order valence-corrected chi connectivity index (χ4v) is 1.25. The van der Waals surface area contributed by atoms with E-state index < -0.39 is 0 Å². The Bertz CT molecular complexity index is 125. The van der Waals surface area contributed by atoms with Crippen LogP contribution in [0.2, 0.25) is 0 Å². The van der Waals surface area contributed by atoms with E-state index >= 15 is 0 Å². The minimum atomic E-state index is 1.05. The Morgan fingerprint density at radius 1 is 1.50 bits per heavy atom. The fourth-order valence-electron chi connectivity index (χ4n) is 0.997. The molecule has 58 valence electrons. The van der Waals surface area contributed by atoms with Crippen molar-refractivity contribution in [3.05, 3.63) is 12.4 Å². The third-order valence-corrected chi connectivity index (χ3v) is 2.08. The second-order valence-corrected chi connectivity index (χ2v) is 3.34. The molecule has 0 atom stereocenters. The molecule has 0 aliphatic carbocycles. The summed E-state index contributed by atoms with van der Waals surface area (Å²) in [5.74, 6) is 0. The zero-order valence-electron chi connectivity index (χ0n) is 6.26. The van der Waals surface area contributed by atoms with E-state index in [1.807, 2.05) is 0 Å². The van der Waals surface area contributed by atoms with Gasteiger partial charge < -0.3 is 9.80 Å². The molecule has 3 heteroatoms. The van der Waals surface area contributed by atoms with Crippen molar-refractivity contribution >= 4 is 15.9 Å². The van der Waals surface area contributed by atoms with Crippen LogP contribution in [0.5, 0.6) is 0 Å². The van der Waals surface area contributed by atoms with Gasteiger partial charge in [0, 0.05) is 31.3 Å². The summed E-state index contributed by atoms with van der Waals surface area (Å²) in [5.41, 5.74) is 0. The van der Waals surface area contributed by atoms with E-state index in [2.05, 4.69) is 45.2 Å². The summed E-state index contributed by atoms with van der Waals surface area (Å²) in [6, 6.07) is 0. The molecule has 0 aromatic heterocycles. The molecule has 0 saturated carbocycles. The largest absolute Gasteiger partial charge is 0.362 e. The number of halogens is 1. The summed E-state index contributed by atoms with van der Waals surface area (Å²) in [7, 11) is 2.09. The van der Waals surface area contributed by atoms with Crippen molar-refractivity contribution in [3.8, 4) is 0 Å². The highest BCUT2D eigenvalue weighted by atomic mass is 79.9. The summed E-state index contributed by atoms with van der Waals surface area (Å²) in [5, 5.41) is 1.10. The van der Waals surface area contributed by atoms with E-state index in [0.717, 1.165) is 18.5 Å². The van der Waals surface area contributed by atoms with Gasteiger partial charge in [-0.05, 0) is 6.42 Å². The summed E-state index contributed by atoms with van der Waals surface area (Å²) < 4.78 is 0. The molecule has 0 amide bonds. The molecule has 0 radical (unpaired) electrons. The Morgan fingerprint density at radius 3 is 2.80 bits per heavy atom. The van der Waals surface area contributed by atoms with Crippen molar-refractivity contribution in [2.75, 3.05) is 25.6 Å². The van der Waals surface area contributed by atoms with Crippen LogP contribution in [-0.4, -0.2) is 35.4 Å². The van der Waals surface area contributed by atoms with Gasteiger partial charge in [-0.1, -0.05) is 15.9 Å². The molecule has 1 heterocycles. The third kappa shape index (κ3) is 2.21. The second kappa shape index (κ2) is 3.86. The first-order valence-electron chi connectivity index (χ1n) is 3.51. The van der Waals surface area contributed by atoms with Gasteiger partial charge >= 0.3 is 0 Å². The van der Waals surface area contributed by atoms with Crippen LogP contribution in [0.15, 0.2) is 12.4 Å². The zero-order valence-corrected chi connectivity index (χ0v) is 7.84. The Morgan fingerprint density at radius 2 is 2.30 bits per heavy atom. The lowest BCUT2D eigenvalue weighted by molar-refractivity contribution is 0.298. The van der Waals surface area contributed by atoms with Crippen LogP contribution >= 0.6 is 15.9 Å². The molecule has 0 unspecified atom stereocenters. The van der Waals surface area contributed by atoms with Crippen LogP contribution in [0.4, 0.5) is 0 Å². The molecule has 0 spiro atoms. The predicted octanol–water partition coefficient (Wildman–Crippen LogP) is 1.45. The lowest BCUT2D eigenvalue weighted by Gasteiger charge is -2.16. The van der Waals surface area contributed by atoms with E-state index in [-0.39, 0.29) is 0 Å². The monoisotopic (exact) mass is 204 g/mol. The number of nitrogens with zero attached hydrogens (tertiary/aromatic N) is 2. The minimum absolute atomic E-state index is 1.05. The molecule has 1 aliphatic heterocycles. The highest BCUT2D eigenvalue weighted by Crippen LogP contribution is 2.04. The number of hydrogen-bond acceptors (Lipinski definition) is 2. The van der Waals surface area contributed by atoms with Gasteiger partial charge in [-0.15, -0.1) is 0 Å². The lowest BCUT2D eigenvalue weighted by atomic mass is 10.4. The summed E-state index contributed by atoms with van der Waals surface area (Å²) >= 11 is 3.41. The highest BCUT2D eigenvalue weighted by molar-refractivity contribution is 9.09. The van der Waals surface area contributed by atoms with Crippen LogP contribution in [0.3, 0.4) is 0 Å². The van der Waals surface area contributed by atoms with E-state index in [0.29, 0.717) is 0 Å². The molecule has 0 aromatic rings. The fraction of sp³-hybridized carbons (Fsp3) is 0.714. The van der Waals surface area contributed by atoms with Crippen molar-refractivity contribution in [2.45, 2.75) is 6.42 Å². The average Bonchev–Trinajstić information content (AvgIpc) is 2.31. The number of alkyl halides is 1. The van der Waals surface area contributed by atoms with Gasteiger partial charge in [0.05, 0.1) is 6.67 Å². The first-order valence-corrected chi connectivity index (χ1v) is 4.63. The average molecular weight is 205 g/mol. The molecular formula is C7H13BrN2. The molecule has 1 aliphatic rings. The van der Waals surface area contributed by atoms with Crippen molar-refractivity contribution in [3.63, 3.8) is 0 Å². The number of rotatable bonds is 3. The van der Waals surface area contributed by atoms with Gasteiger partial charge in [0.15, 0.2) is 0 Å². The van der Waals surface area contributed by atoms with Gasteiger partial charge in [-0.3, -0.25) is 0 Å². The Balaban J connectivity index is 2.14. The molecule has 10 heavy (non-hydrogen) atoms. The highest BCUT2D eigenvalue weighted by Gasteiger charge is 2.05. The normalized spacial score (nSPS) is 17.0. The third-order valence-electron chi connectivity index (χ3n) is 1.52. The van der Waals surface area contributed by atoms with E-state index in [9.17, 15) is 0 Å². The van der Waals surface area contributed by atoms with Crippen LogP contribution in [0, 0.1) is 0 Å². The van der Waals surface area contributed by atoms with Gasteiger partial charge in [0.2, 0.25) is 0 Å². The minimum Gasteiger partial charge on any atom is -0.362 e. The molecule has 1 rings (SSSR count). The maximum absolute atomic E-state index is 3.41. The van der Waals surface area contributed by atoms with Crippen LogP contribution in [0.25, 0.3) is 0 Å². The molecule has 0 aromatic carbocycles. The lowest BCUT2D eigenvalue weighted by Crippen LogP contribution is -2.23. The van der Waals surface area contributed by atoms with Crippen LogP contribution in [0.1, 0.15) is 6.42 Å². The van der Waals surface area contributed by atoms with E-state index in [4.69, 9.17) is 0 Å². The standard InChI is InChI=1S/C7H13BrN2/c1-9-5-6-10(7-9)4-2-3-8/h5-6H,2-4,7H2,1H3. The molecule has 2 nitrogen and oxygen atoms in total. The van der Waals surface area contributed by atoms with Crippen molar-refractivity contribution < 1.29 is 0 Å². The smallest absolute Gasteiger partial charge is 0.0890 e. The Labute approximate surface area is 70.6 Å². The predicted molar refractivity (Wildman–Crippen MR) is 46.9 cm³/mol. The molecule has 0 fully saturated rings. The van der Waals surface area contributed by atoms with Gasteiger partial charge in [0.1, 0.15) is 0 Å². The first-order chi connectivity index (χ1) is 4.83.